The van der Waals surface area contributed by atoms with Gasteiger partial charge in [0.1, 0.15) is 0 Å². The fourth-order valence-corrected chi connectivity index (χ4v) is 3.94. The number of anilines is 1. The summed E-state index contributed by atoms with van der Waals surface area (Å²) in [6.45, 7) is 2.62. The number of nitrogens with zero attached hydrogens (tertiary/aromatic N) is 1. The van der Waals surface area contributed by atoms with Crippen molar-refractivity contribution < 1.29 is 9.53 Å². The van der Waals surface area contributed by atoms with Crippen LogP contribution in [0.15, 0.2) is 79.0 Å². The number of hydrogen-bond acceptors (Lipinski definition) is 3. The van der Waals surface area contributed by atoms with Crippen LogP contribution in [0.5, 0.6) is 5.75 Å². The first-order valence-electron chi connectivity index (χ1n) is 9.39. The molecule has 1 aliphatic rings. The number of nitrogens with one attached hydrogen (secondary N) is 1. The normalized spacial score (nSPS) is 16.1. The minimum atomic E-state index is -0.508. The van der Waals surface area contributed by atoms with Gasteiger partial charge >= 0.3 is 5.97 Å². The molecule has 3 aromatic carbocycles. The summed E-state index contributed by atoms with van der Waals surface area (Å²) in [6.07, 6.45) is 1.92. The van der Waals surface area contributed by atoms with Gasteiger partial charge in [0.2, 0.25) is 0 Å². The highest BCUT2D eigenvalue weighted by molar-refractivity contribution is 5.95. The van der Waals surface area contributed by atoms with E-state index in [1.807, 2.05) is 67.7 Å². The molecule has 0 radical (unpaired) electrons. The van der Waals surface area contributed by atoms with Crippen molar-refractivity contribution >= 4 is 22.6 Å². The number of aromatic nitrogens is 1. The van der Waals surface area contributed by atoms with E-state index in [0.29, 0.717) is 12.3 Å². The van der Waals surface area contributed by atoms with Crippen molar-refractivity contribution in [3.8, 4) is 5.75 Å². The molecule has 1 N–H and O–H groups in total. The lowest BCUT2D eigenvalue weighted by Gasteiger charge is -2.37. The Bertz CT molecular complexity index is 1160. The van der Waals surface area contributed by atoms with Crippen molar-refractivity contribution in [2.24, 2.45) is 0 Å². The van der Waals surface area contributed by atoms with Crippen molar-refractivity contribution in [3.63, 3.8) is 0 Å². The number of fused-ring (bicyclic) bond motifs is 2. The summed E-state index contributed by atoms with van der Waals surface area (Å²) in [5, 5.41) is 1.04. The topological polar surface area (TPSA) is 45.3 Å². The van der Waals surface area contributed by atoms with Gasteiger partial charge in [-0.3, -0.25) is 0 Å². The zero-order valence-corrected chi connectivity index (χ0v) is 15.6. The van der Waals surface area contributed by atoms with E-state index in [9.17, 15) is 4.79 Å². The van der Waals surface area contributed by atoms with Crippen LogP contribution < -0.4 is 9.64 Å². The summed E-state index contributed by atoms with van der Waals surface area (Å²) < 4.78 is 5.77. The van der Waals surface area contributed by atoms with E-state index >= 15 is 0 Å². The number of carbonyl (C=O) groups excluding carboxylic acids is 1. The van der Waals surface area contributed by atoms with Gasteiger partial charge in [-0.2, -0.15) is 0 Å². The van der Waals surface area contributed by atoms with Crippen LogP contribution in [0.25, 0.3) is 10.9 Å². The van der Waals surface area contributed by atoms with Crippen LogP contribution >= 0.6 is 0 Å². The quantitative estimate of drug-likeness (QED) is 0.402. The smallest absolute Gasteiger partial charge is 0.339 e. The summed E-state index contributed by atoms with van der Waals surface area (Å²) in [6, 6.07) is 23.8. The maximum absolute atomic E-state index is 13.1. The number of ether oxygens (including phenoxy) is 1. The SMILES string of the molecule is Cc1ccc2c(c1)OC(=O)C(c1c[nH]c3ccccc13)N2Cc1ccccc1. The molecule has 4 nitrogen and oxygen atoms in total. The molecule has 0 aliphatic carbocycles. The third-order valence-electron chi connectivity index (χ3n) is 5.28. The fraction of sp³-hybridized carbons (Fsp3) is 0.125. The number of aromatic amines is 1. The minimum absolute atomic E-state index is 0.251. The molecule has 4 heteroatoms. The molecule has 138 valence electrons. The van der Waals surface area contributed by atoms with E-state index in [1.165, 1.54) is 0 Å². The molecule has 1 atom stereocenters. The average molecular weight is 368 g/mol. The molecule has 0 saturated carbocycles. The molecule has 28 heavy (non-hydrogen) atoms. The molecule has 0 saturated heterocycles. The van der Waals surface area contributed by atoms with E-state index in [0.717, 1.165) is 33.3 Å². The summed E-state index contributed by atoms with van der Waals surface area (Å²) in [7, 11) is 0. The molecule has 1 aromatic heterocycles. The van der Waals surface area contributed by atoms with Crippen molar-refractivity contribution in [1.29, 1.82) is 0 Å². The predicted molar refractivity (Wildman–Crippen MR) is 110 cm³/mol. The zero-order chi connectivity index (χ0) is 19.1. The van der Waals surface area contributed by atoms with Crippen molar-refractivity contribution in [3.05, 3.63) is 95.7 Å². The number of H-pyrrole nitrogens is 1. The molecular weight excluding hydrogens is 348 g/mol. The first-order valence-corrected chi connectivity index (χ1v) is 9.39. The molecular formula is C24H20N2O2. The Morgan fingerprint density at radius 1 is 1.00 bits per heavy atom. The van der Waals surface area contributed by atoms with Gasteiger partial charge < -0.3 is 14.6 Å². The van der Waals surface area contributed by atoms with Gasteiger partial charge in [0.15, 0.2) is 11.8 Å². The Labute approximate surface area is 163 Å². The van der Waals surface area contributed by atoms with Crippen LogP contribution in [0.4, 0.5) is 5.69 Å². The number of benzene rings is 3. The van der Waals surface area contributed by atoms with Crippen LogP contribution in [-0.2, 0) is 11.3 Å². The van der Waals surface area contributed by atoms with Gasteiger partial charge in [-0.1, -0.05) is 54.6 Å². The maximum Gasteiger partial charge on any atom is 0.339 e. The van der Waals surface area contributed by atoms with Gasteiger partial charge in [-0.25, -0.2) is 4.79 Å². The van der Waals surface area contributed by atoms with E-state index in [1.54, 1.807) is 0 Å². The van der Waals surface area contributed by atoms with E-state index in [-0.39, 0.29) is 5.97 Å². The van der Waals surface area contributed by atoms with Gasteiger partial charge in [0.25, 0.3) is 0 Å². The van der Waals surface area contributed by atoms with Crippen molar-refractivity contribution in [2.75, 3.05) is 4.90 Å². The van der Waals surface area contributed by atoms with Crippen LogP contribution in [-0.4, -0.2) is 11.0 Å². The highest BCUT2D eigenvalue weighted by atomic mass is 16.5. The lowest BCUT2D eigenvalue weighted by atomic mass is 10.00. The van der Waals surface area contributed by atoms with Crippen molar-refractivity contribution in [2.45, 2.75) is 19.5 Å². The number of esters is 1. The minimum Gasteiger partial charge on any atom is -0.423 e. The Morgan fingerprint density at radius 2 is 1.79 bits per heavy atom. The first kappa shape index (κ1) is 16.6. The van der Waals surface area contributed by atoms with Crippen LogP contribution in [0.1, 0.15) is 22.7 Å². The molecule has 5 rings (SSSR count). The largest absolute Gasteiger partial charge is 0.423 e. The van der Waals surface area contributed by atoms with Crippen LogP contribution in [0.2, 0.25) is 0 Å². The Morgan fingerprint density at radius 3 is 2.64 bits per heavy atom. The number of aryl methyl sites for hydroxylation is 1. The monoisotopic (exact) mass is 368 g/mol. The van der Waals surface area contributed by atoms with Gasteiger partial charge in [-0.05, 0) is 36.2 Å². The fourth-order valence-electron chi connectivity index (χ4n) is 3.94. The molecule has 0 spiro atoms. The number of hydrogen-bond donors (Lipinski definition) is 1. The van der Waals surface area contributed by atoms with E-state index < -0.39 is 6.04 Å². The summed E-state index contributed by atoms with van der Waals surface area (Å²) in [5.41, 5.74) is 5.09. The lowest BCUT2D eigenvalue weighted by Crippen LogP contribution is -2.40. The molecule has 2 heterocycles. The molecule has 0 bridgehead atoms. The molecule has 4 aromatic rings. The Balaban J connectivity index is 1.67. The Kier molecular flexibility index (Phi) is 3.90. The van der Waals surface area contributed by atoms with Gasteiger partial charge in [0.05, 0.1) is 5.69 Å². The summed E-state index contributed by atoms with van der Waals surface area (Å²) in [5.74, 6) is 0.371. The third kappa shape index (κ3) is 2.74. The van der Waals surface area contributed by atoms with Crippen molar-refractivity contribution in [1.82, 2.24) is 4.98 Å². The summed E-state index contributed by atoms with van der Waals surface area (Å²) in [4.78, 5) is 18.6. The second-order valence-electron chi connectivity index (χ2n) is 7.20. The first-order chi connectivity index (χ1) is 13.7. The van der Waals surface area contributed by atoms with Gasteiger partial charge in [0, 0.05) is 29.2 Å². The molecule has 1 aliphatic heterocycles. The molecule has 0 fully saturated rings. The van der Waals surface area contributed by atoms with E-state index in [4.69, 9.17) is 4.74 Å². The summed E-state index contributed by atoms with van der Waals surface area (Å²) >= 11 is 0. The maximum atomic E-state index is 13.1. The average Bonchev–Trinajstić information content (AvgIpc) is 3.12. The number of rotatable bonds is 3. The number of para-hydroxylation sites is 1. The van der Waals surface area contributed by atoms with Crippen LogP contribution in [0, 0.1) is 6.92 Å². The van der Waals surface area contributed by atoms with Gasteiger partial charge in [-0.15, -0.1) is 0 Å². The molecule has 1 unspecified atom stereocenters. The zero-order valence-electron chi connectivity index (χ0n) is 15.6. The second kappa shape index (κ2) is 6.57. The Hall–Kier alpha value is -3.53. The third-order valence-corrected chi connectivity index (χ3v) is 5.28. The highest BCUT2D eigenvalue weighted by Crippen LogP contribution is 2.43. The number of carbonyl (C=O) groups is 1. The molecule has 0 amide bonds. The van der Waals surface area contributed by atoms with E-state index in [2.05, 4.69) is 28.1 Å². The van der Waals surface area contributed by atoms with Crippen LogP contribution in [0.3, 0.4) is 0 Å². The predicted octanol–water partition coefficient (Wildman–Crippen LogP) is 5.14. The standard InChI is InChI=1S/C24H20N2O2/c1-16-11-12-21-22(13-16)28-24(27)23(26(21)15-17-7-3-2-4-8-17)19-14-25-20-10-6-5-9-18(19)20/h2-14,23,25H,15H2,1H3. The highest BCUT2D eigenvalue weighted by Gasteiger charge is 2.37. The lowest BCUT2D eigenvalue weighted by molar-refractivity contribution is -0.136. The second-order valence-corrected chi connectivity index (χ2v) is 7.20.